The van der Waals surface area contributed by atoms with Crippen LogP contribution >= 0.6 is 0 Å². The Morgan fingerprint density at radius 2 is 1.67 bits per heavy atom. The first-order chi connectivity index (χ1) is 8.56. The molecule has 0 spiro atoms. The molecular weight excluding hydrogens is 222 g/mol. The zero-order valence-corrected chi connectivity index (χ0v) is 12.2. The van der Waals surface area contributed by atoms with Crippen molar-refractivity contribution >= 4 is 0 Å². The molecule has 2 nitrogen and oxygen atoms in total. The summed E-state index contributed by atoms with van der Waals surface area (Å²) in [6.45, 7) is 10.1. The minimum atomic E-state index is 0.311. The fraction of sp³-hybridized carbons (Fsp3) is 0.625. The Kier molecular flexibility index (Phi) is 6.37. The molecule has 102 valence electrons. The Hall–Kier alpha value is -0.860. The molecule has 0 aliphatic carbocycles. The number of unbranched alkanes of at least 4 members (excludes halogenated alkanes) is 2. The van der Waals surface area contributed by atoms with E-state index in [-0.39, 0.29) is 0 Å². The summed E-state index contributed by atoms with van der Waals surface area (Å²) in [5.41, 5.74) is 5.50. The standard InChI is InChI=1S/C16H27NO/c1-12-10-14(3)16(11-13(12)2)15(4)17-8-6-5-7-9-18/h10-11,15,17-18H,5-9H2,1-4H3. The van der Waals surface area contributed by atoms with Gasteiger partial charge in [-0.15, -0.1) is 0 Å². The van der Waals surface area contributed by atoms with Crippen molar-refractivity contribution in [2.45, 2.75) is 53.0 Å². The minimum absolute atomic E-state index is 0.311. The second kappa shape index (κ2) is 7.55. The quantitative estimate of drug-likeness (QED) is 0.726. The summed E-state index contributed by atoms with van der Waals surface area (Å²) in [5, 5.41) is 12.3. The van der Waals surface area contributed by atoms with Crippen LogP contribution in [0.3, 0.4) is 0 Å². The number of benzene rings is 1. The van der Waals surface area contributed by atoms with E-state index in [0.29, 0.717) is 12.6 Å². The van der Waals surface area contributed by atoms with Crippen molar-refractivity contribution < 1.29 is 5.11 Å². The van der Waals surface area contributed by atoms with Gasteiger partial charge in [0.15, 0.2) is 0 Å². The fourth-order valence-electron chi connectivity index (χ4n) is 2.29. The molecule has 1 unspecified atom stereocenters. The third-order valence-electron chi connectivity index (χ3n) is 3.63. The van der Waals surface area contributed by atoms with Gasteiger partial charge in [-0.3, -0.25) is 0 Å². The average molecular weight is 249 g/mol. The van der Waals surface area contributed by atoms with Crippen LogP contribution in [0, 0.1) is 20.8 Å². The number of nitrogens with one attached hydrogen (secondary N) is 1. The van der Waals surface area contributed by atoms with Crippen molar-refractivity contribution in [3.05, 3.63) is 34.4 Å². The third kappa shape index (κ3) is 4.43. The topological polar surface area (TPSA) is 32.3 Å². The zero-order chi connectivity index (χ0) is 13.5. The number of rotatable bonds is 7. The van der Waals surface area contributed by atoms with Crippen LogP contribution in [0.25, 0.3) is 0 Å². The largest absolute Gasteiger partial charge is 0.396 e. The molecule has 2 heteroatoms. The summed E-state index contributed by atoms with van der Waals surface area (Å²) in [6, 6.07) is 4.98. The molecule has 0 radical (unpaired) electrons. The monoisotopic (exact) mass is 249 g/mol. The average Bonchev–Trinajstić information content (AvgIpc) is 2.33. The highest BCUT2D eigenvalue weighted by molar-refractivity contribution is 5.37. The van der Waals surface area contributed by atoms with E-state index in [9.17, 15) is 0 Å². The molecule has 0 aliphatic rings. The first-order valence-electron chi connectivity index (χ1n) is 6.98. The summed E-state index contributed by atoms with van der Waals surface area (Å²) in [5.74, 6) is 0. The van der Waals surface area contributed by atoms with Gasteiger partial charge in [0.25, 0.3) is 0 Å². The number of aryl methyl sites for hydroxylation is 3. The predicted octanol–water partition coefficient (Wildman–Crippen LogP) is 3.43. The molecule has 1 atom stereocenters. The first kappa shape index (κ1) is 15.2. The van der Waals surface area contributed by atoms with Crippen molar-refractivity contribution in [2.24, 2.45) is 0 Å². The van der Waals surface area contributed by atoms with Crippen LogP contribution in [0.2, 0.25) is 0 Å². The Morgan fingerprint density at radius 1 is 1.00 bits per heavy atom. The SMILES string of the molecule is Cc1cc(C)c(C(C)NCCCCCO)cc1C. The van der Waals surface area contributed by atoms with Gasteiger partial charge in [-0.25, -0.2) is 0 Å². The van der Waals surface area contributed by atoms with E-state index in [1.165, 1.54) is 22.3 Å². The number of aliphatic hydroxyl groups is 1. The molecule has 2 N–H and O–H groups in total. The highest BCUT2D eigenvalue weighted by Gasteiger charge is 2.09. The number of hydrogen-bond acceptors (Lipinski definition) is 2. The number of aliphatic hydroxyl groups excluding tert-OH is 1. The van der Waals surface area contributed by atoms with E-state index < -0.39 is 0 Å². The van der Waals surface area contributed by atoms with Crippen molar-refractivity contribution in [3.8, 4) is 0 Å². The molecule has 0 aromatic heterocycles. The summed E-state index contributed by atoms with van der Waals surface area (Å²) < 4.78 is 0. The smallest absolute Gasteiger partial charge is 0.0431 e. The fourth-order valence-corrected chi connectivity index (χ4v) is 2.29. The minimum Gasteiger partial charge on any atom is -0.396 e. The lowest BCUT2D eigenvalue weighted by Crippen LogP contribution is -2.20. The van der Waals surface area contributed by atoms with Gasteiger partial charge in [0.2, 0.25) is 0 Å². The van der Waals surface area contributed by atoms with Crippen LogP contribution in [0.5, 0.6) is 0 Å². The molecule has 0 aliphatic heterocycles. The maximum Gasteiger partial charge on any atom is 0.0431 e. The van der Waals surface area contributed by atoms with E-state index in [1.807, 2.05) is 0 Å². The zero-order valence-electron chi connectivity index (χ0n) is 12.2. The summed E-state index contributed by atoms with van der Waals surface area (Å²) in [4.78, 5) is 0. The Bertz CT molecular complexity index is 374. The molecular formula is C16H27NO. The van der Waals surface area contributed by atoms with E-state index in [1.54, 1.807) is 0 Å². The van der Waals surface area contributed by atoms with Gasteiger partial charge in [-0.1, -0.05) is 12.1 Å². The first-order valence-corrected chi connectivity index (χ1v) is 6.98. The van der Waals surface area contributed by atoms with Crippen molar-refractivity contribution in [2.75, 3.05) is 13.2 Å². The Labute approximate surface area is 111 Å². The van der Waals surface area contributed by atoms with Crippen molar-refractivity contribution in [1.82, 2.24) is 5.32 Å². The summed E-state index contributed by atoms with van der Waals surface area (Å²) in [7, 11) is 0. The van der Waals surface area contributed by atoms with Gasteiger partial charge < -0.3 is 10.4 Å². The van der Waals surface area contributed by atoms with E-state index >= 15 is 0 Å². The highest BCUT2D eigenvalue weighted by Crippen LogP contribution is 2.21. The van der Waals surface area contributed by atoms with Gasteiger partial charge in [0.1, 0.15) is 0 Å². The lowest BCUT2D eigenvalue weighted by atomic mass is 9.96. The molecule has 1 rings (SSSR count). The molecule has 0 saturated carbocycles. The molecule has 1 aromatic rings. The van der Waals surface area contributed by atoms with Crippen LogP contribution in [-0.4, -0.2) is 18.3 Å². The van der Waals surface area contributed by atoms with Crippen LogP contribution in [-0.2, 0) is 0 Å². The van der Waals surface area contributed by atoms with E-state index in [0.717, 1.165) is 25.8 Å². The second-order valence-electron chi connectivity index (χ2n) is 5.25. The van der Waals surface area contributed by atoms with Gasteiger partial charge in [0, 0.05) is 12.6 Å². The molecule has 1 aromatic carbocycles. The van der Waals surface area contributed by atoms with Gasteiger partial charge in [-0.2, -0.15) is 0 Å². The van der Waals surface area contributed by atoms with Crippen LogP contribution in [0.1, 0.15) is 54.5 Å². The number of hydrogen-bond donors (Lipinski definition) is 2. The van der Waals surface area contributed by atoms with Gasteiger partial charge >= 0.3 is 0 Å². The highest BCUT2D eigenvalue weighted by atomic mass is 16.2. The Balaban J connectivity index is 2.51. The second-order valence-corrected chi connectivity index (χ2v) is 5.25. The van der Waals surface area contributed by atoms with Gasteiger partial charge in [-0.05, 0) is 75.8 Å². The van der Waals surface area contributed by atoms with Crippen LogP contribution in [0.15, 0.2) is 12.1 Å². The van der Waals surface area contributed by atoms with E-state index in [4.69, 9.17) is 5.11 Å². The Morgan fingerprint density at radius 3 is 2.33 bits per heavy atom. The maximum atomic E-state index is 8.73. The maximum absolute atomic E-state index is 8.73. The molecule has 0 saturated heterocycles. The lowest BCUT2D eigenvalue weighted by molar-refractivity contribution is 0.282. The molecule has 0 bridgehead atoms. The summed E-state index contributed by atoms with van der Waals surface area (Å²) in [6.07, 6.45) is 3.15. The van der Waals surface area contributed by atoms with Crippen LogP contribution in [0.4, 0.5) is 0 Å². The lowest BCUT2D eigenvalue weighted by Gasteiger charge is -2.18. The normalized spacial score (nSPS) is 12.7. The van der Waals surface area contributed by atoms with E-state index in [2.05, 4.69) is 45.1 Å². The third-order valence-corrected chi connectivity index (χ3v) is 3.63. The van der Waals surface area contributed by atoms with Crippen molar-refractivity contribution in [1.29, 1.82) is 0 Å². The summed E-state index contributed by atoms with van der Waals surface area (Å²) >= 11 is 0. The van der Waals surface area contributed by atoms with Crippen molar-refractivity contribution in [3.63, 3.8) is 0 Å². The molecule has 0 amide bonds. The van der Waals surface area contributed by atoms with Gasteiger partial charge in [0.05, 0.1) is 0 Å². The molecule has 0 heterocycles. The molecule has 0 fully saturated rings. The molecule has 18 heavy (non-hydrogen) atoms. The van der Waals surface area contributed by atoms with Crippen LogP contribution < -0.4 is 5.32 Å². The predicted molar refractivity (Wildman–Crippen MR) is 78.0 cm³/mol.